The summed E-state index contributed by atoms with van der Waals surface area (Å²) in [5, 5.41) is 5.77. The molecule has 0 fully saturated rings. The molecule has 0 spiro atoms. The van der Waals surface area contributed by atoms with Gasteiger partial charge in [0.05, 0.1) is 18.2 Å². The van der Waals surface area contributed by atoms with E-state index in [-0.39, 0.29) is 17.8 Å². The number of carbonyl (C=O) groups is 1. The molecule has 9 nitrogen and oxygen atoms in total. The summed E-state index contributed by atoms with van der Waals surface area (Å²) in [4.78, 5) is 32.0. The monoisotopic (exact) mass is 367 g/mol. The number of amides is 1. The van der Waals surface area contributed by atoms with Crippen LogP contribution in [0.2, 0.25) is 0 Å². The van der Waals surface area contributed by atoms with Crippen molar-refractivity contribution in [3.05, 3.63) is 42.0 Å². The first-order valence-electron chi connectivity index (χ1n) is 8.47. The van der Waals surface area contributed by atoms with Gasteiger partial charge in [-0.3, -0.25) is 4.79 Å². The highest BCUT2D eigenvalue weighted by molar-refractivity contribution is 5.93. The van der Waals surface area contributed by atoms with Crippen molar-refractivity contribution in [1.29, 1.82) is 0 Å². The molecule has 0 unspecified atom stereocenters. The van der Waals surface area contributed by atoms with E-state index in [1.54, 1.807) is 32.6 Å². The van der Waals surface area contributed by atoms with Gasteiger partial charge in [-0.1, -0.05) is 12.2 Å². The highest BCUT2D eigenvalue weighted by Gasteiger charge is 2.14. The lowest BCUT2D eigenvalue weighted by molar-refractivity contribution is 0.0931. The van der Waals surface area contributed by atoms with Crippen molar-refractivity contribution < 1.29 is 9.53 Å². The lowest BCUT2D eigenvalue weighted by atomic mass is 10.2. The van der Waals surface area contributed by atoms with Crippen molar-refractivity contribution in [2.24, 2.45) is 0 Å². The fourth-order valence-corrected chi connectivity index (χ4v) is 2.48. The number of nitrogens with one attached hydrogen (secondary N) is 3. The van der Waals surface area contributed by atoms with Gasteiger partial charge in [0.2, 0.25) is 11.8 Å². The number of nitrogens with zero attached hydrogens (tertiary/aromatic N) is 4. The van der Waals surface area contributed by atoms with Crippen molar-refractivity contribution in [2.45, 2.75) is 19.4 Å². The van der Waals surface area contributed by atoms with E-state index in [2.05, 4.69) is 35.6 Å². The van der Waals surface area contributed by atoms with E-state index >= 15 is 0 Å². The van der Waals surface area contributed by atoms with Crippen molar-refractivity contribution in [1.82, 2.24) is 30.2 Å². The Bertz CT molecular complexity index is 934. The van der Waals surface area contributed by atoms with Crippen molar-refractivity contribution in [2.75, 3.05) is 19.5 Å². The maximum atomic E-state index is 12.3. The number of ether oxygens (including phenoxy) is 1. The van der Waals surface area contributed by atoms with Crippen LogP contribution >= 0.6 is 0 Å². The molecule has 3 aromatic rings. The number of pyridine rings is 1. The fourth-order valence-electron chi connectivity index (χ4n) is 2.48. The number of hydrogen-bond acceptors (Lipinski definition) is 7. The first-order valence-corrected chi connectivity index (χ1v) is 8.47. The molecule has 140 valence electrons. The number of imidazole rings is 1. The van der Waals surface area contributed by atoms with Crippen LogP contribution in [0.25, 0.3) is 17.2 Å². The largest absolute Gasteiger partial charge is 0.480 e. The molecule has 0 bridgehead atoms. The fraction of sp³-hybridized carbons (Fsp3) is 0.278. The van der Waals surface area contributed by atoms with Gasteiger partial charge in [-0.05, 0) is 25.5 Å². The summed E-state index contributed by atoms with van der Waals surface area (Å²) in [6, 6.07) is 3.53. The SMILES string of the molecule is CNc1ncc(/C=C/C[C@H](C)NC(=O)c2nc3ncccc3[nH]2)c(OC)n1. The van der Waals surface area contributed by atoms with E-state index in [9.17, 15) is 4.79 Å². The summed E-state index contributed by atoms with van der Waals surface area (Å²) in [6.07, 6.45) is 7.75. The third-order valence-electron chi connectivity index (χ3n) is 3.83. The number of aromatic amines is 1. The molecule has 1 amide bonds. The normalized spacial score (nSPS) is 12.3. The minimum atomic E-state index is -0.270. The van der Waals surface area contributed by atoms with Crippen LogP contribution in [0.5, 0.6) is 5.88 Å². The molecule has 0 aliphatic heterocycles. The van der Waals surface area contributed by atoms with Crippen LogP contribution in [-0.2, 0) is 0 Å². The Morgan fingerprint density at radius 3 is 2.96 bits per heavy atom. The van der Waals surface area contributed by atoms with Gasteiger partial charge in [0, 0.05) is 25.5 Å². The predicted molar refractivity (Wildman–Crippen MR) is 103 cm³/mol. The van der Waals surface area contributed by atoms with Gasteiger partial charge in [0.25, 0.3) is 5.91 Å². The Morgan fingerprint density at radius 1 is 1.37 bits per heavy atom. The summed E-state index contributed by atoms with van der Waals surface area (Å²) in [5.74, 6) is 0.951. The molecular weight excluding hydrogens is 346 g/mol. The number of rotatable bonds is 7. The first kappa shape index (κ1) is 18.3. The molecule has 3 heterocycles. The number of H-pyrrole nitrogens is 1. The van der Waals surface area contributed by atoms with Gasteiger partial charge >= 0.3 is 0 Å². The number of hydrogen-bond donors (Lipinski definition) is 3. The zero-order chi connectivity index (χ0) is 19.2. The zero-order valence-electron chi connectivity index (χ0n) is 15.4. The molecule has 3 aromatic heterocycles. The molecule has 27 heavy (non-hydrogen) atoms. The Balaban J connectivity index is 1.59. The van der Waals surface area contributed by atoms with Crippen molar-refractivity contribution >= 4 is 29.1 Å². The number of methoxy groups -OCH3 is 1. The molecule has 0 aliphatic rings. The molecule has 0 saturated heterocycles. The minimum Gasteiger partial charge on any atom is -0.480 e. The maximum Gasteiger partial charge on any atom is 0.287 e. The quantitative estimate of drug-likeness (QED) is 0.585. The Morgan fingerprint density at radius 2 is 2.22 bits per heavy atom. The number of anilines is 1. The van der Waals surface area contributed by atoms with Gasteiger partial charge in [-0.2, -0.15) is 4.98 Å². The van der Waals surface area contributed by atoms with Crippen LogP contribution in [0.3, 0.4) is 0 Å². The van der Waals surface area contributed by atoms with Crippen molar-refractivity contribution in [3.8, 4) is 5.88 Å². The van der Waals surface area contributed by atoms with E-state index in [1.807, 2.05) is 25.1 Å². The van der Waals surface area contributed by atoms with Gasteiger partial charge in [0.15, 0.2) is 11.5 Å². The number of aromatic nitrogens is 5. The third-order valence-corrected chi connectivity index (χ3v) is 3.83. The molecule has 0 radical (unpaired) electrons. The summed E-state index contributed by atoms with van der Waals surface area (Å²) >= 11 is 0. The second-order valence-electron chi connectivity index (χ2n) is 5.88. The smallest absolute Gasteiger partial charge is 0.287 e. The second-order valence-corrected chi connectivity index (χ2v) is 5.88. The summed E-state index contributed by atoms with van der Waals surface area (Å²) < 4.78 is 5.27. The average molecular weight is 367 g/mol. The predicted octanol–water partition coefficient (Wildman–Crippen LogP) is 2.02. The van der Waals surface area contributed by atoms with E-state index < -0.39 is 0 Å². The molecule has 1 atom stereocenters. The zero-order valence-corrected chi connectivity index (χ0v) is 15.4. The van der Waals surface area contributed by atoms with E-state index in [0.29, 0.717) is 23.9 Å². The Hall–Kier alpha value is -3.49. The highest BCUT2D eigenvalue weighted by Crippen LogP contribution is 2.17. The Kier molecular flexibility index (Phi) is 5.60. The number of fused-ring (bicyclic) bond motifs is 1. The lowest BCUT2D eigenvalue weighted by Crippen LogP contribution is -2.32. The molecule has 3 N–H and O–H groups in total. The number of carbonyl (C=O) groups excluding carboxylic acids is 1. The third kappa shape index (κ3) is 4.38. The molecule has 9 heteroatoms. The van der Waals surface area contributed by atoms with Crippen LogP contribution in [0, 0.1) is 0 Å². The van der Waals surface area contributed by atoms with Gasteiger partial charge < -0.3 is 20.4 Å². The molecule has 0 aromatic carbocycles. The van der Waals surface area contributed by atoms with Gasteiger partial charge in [-0.15, -0.1) is 0 Å². The minimum absolute atomic E-state index is 0.0848. The van der Waals surface area contributed by atoms with E-state index in [4.69, 9.17) is 4.74 Å². The lowest BCUT2D eigenvalue weighted by Gasteiger charge is -2.10. The highest BCUT2D eigenvalue weighted by atomic mass is 16.5. The summed E-state index contributed by atoms with van der Waals surface area (Å²) in [7, 11) is 3.30. The summed E-state index contributed by atoms with van der Waals surface area (Å²) in [6.45, 7) is 1.92. The second kappa shape index (κ2) is 8.26. The van der Waals surface area contributed by atoms with Crippen molar-refractivity contribution in [3.63, 3.8) is 0 Å². The standard InChI is InChI=1S/C18H21N7O2/c1-11(6-4-7-12-10-21-18(19-2)25-17(12)27-3)22-16(26)15-23-13-8-5-9-20-14(13)24-15/h4-5,7-11H,6H2,1-3H3,(H,22,26)(H,19,21,25)(H,20,23,24)/b7-4+/t11-/m0/s1. The van der Waals surface area contributed by atoms with Crippen LogP contribution in [0.15, 0.2) is 30.6 Å². The molecule has 0 saturated carbocycles. The first-order chi connectivity index (χ1) is 13.1. The maximum absolute atomic E-state index is 12.3. The topological polar surface area (TPSA) is 118 Å². The molecule has 3 rings (SSSR count). The van der Waals surface area contributed by atoms with Gasteiger partial charge in [0.1, 0.15) is 0 Å². The van der Waals surface area contributed by atoms with E-state index in [1.165, 1.54) is 0 Å². The van der Waals surface area contributed by atoms with Crippen LogP contribution in [0.1, 0.15) is 29.5 Å². The Labute approximate surface area is 156 Å². The van der Waals surface area contributed by atoms with Crippen LogP contribution in [0.4, 0.5) is 5.95 Å². The van der Waals surface area contributed by atoms with E-state index in [0.717, 1.165) is 11.1 Å². The van der Waals surface area contributed by atoms with Gasteiger partial charge in [-0.25, -0.2) is 15.0 Å². The summed E-state index contributed by atoms with van der Waals surface area (Å²) in [5.41, 5.74) is 2.01. The average Bonchev–Trinajstić information content (AvgIpc) is 3.12. The molecule has 0 aliphatic carbocycles. The molecular formula is C18H21N7O2. The van der Waals surface area contributed by atoms with Crippen LogP contribution < -0.4 is 15.4 Å². The van der Waals surface area contributed by atoms with Crippen LogP contribution in [-0.4, -0.2) is 51.0 Å².